The largest absolute Gasteiger partial charge is 0.390 e. The van der Waals surface area contributed by atoms with E-state index in [-0.39, 0.29) is 11.3 Å². The van der Waals surface area contributed by atoms with Crippen molar-refractivity contribution in [2.24, 2.45) is 23.0 Å². The van der Waals surface area contributed by atoms with Crippen LogP contribution in [-0.4, -0.2) is 40.6 Å². The van der Waals surface area contributed by atoms with Crippen molar-refractivity contribution in [3.8, 4) is 0 Å². The molecule has 0 aliphatic heterocycles. The molecule has 0 heterocycles. The van der Waals surface area contributed by atoms with E-state index in [0.717, 1.165) is 51.6 Å². The maximum atomic E-state index is 12.8. The van der Waals surface area contributed by atoms with E-state index < -0.39 is 11.6 Å². The molecule has 0 aromatic heterocycles. The smallest absolute Gasteiger partial charge is 0.240 e. The molecule has 3 N–H and O–H groups in total. The van der Waals surface area contributed by atoms with Gasteiger partial charge in [0.2, 0.25) is 5.91 Å². The zero-order chi connectivity index (χ0) is 15.3. The molecular weight excluding hydrogens is 264 g/mol. The molecular formula is C17H30N2O2. The van der Waals surface area contributed by atoms with E-state index in [1.54, 1.807) is 0 Å². The van der Waals surface area contributed by atoms with Gasteiger partial charge in [0, 0.05) is 13.1 Å². The van der Waals surface area contributed by atoms with E-state index in [0.29, 0.717) is 11.8 Å². The molecule has 0 aromatic rings. The summed E-state index contributed by atoms with van der Waals surface area (Å²) in [4.78, 5) is 14.7. The molecule has 4 heteroatoms. The Labute approximate surface area is 128 Å². The van der Waals surface area contributed by atoms with Gasteiger partial charge in [0.05, 0.1) is 11.6 Å². The molecule has 21 heavy (non-hydrogen) atoms. The van der Waals surface area contributed by atoms with Crippen LogP contribution in [0.15, 0.2) is 0 Å². The van der Waals surface area contributed by atoms with Gasteiger partial charge in [-0.1, -0.05) is 6.92 Å². The molecule has 120 valence electrons. The van der Waals surface area contributed by atoms with Gasteiger partial charge in [-0.3, -0.25) is 4.79 Å². The second-order valence-electron chi connectivity index (χ2n) is 7.94. The first kappa shape index (κ1) is 15.3. The number of aliphatic hydroxyl groups is 1. The zero-order valence-electron chi connectivity index (χ0n) is 13.5. The number of carbonyl (C=O) groups is 1. The van der Waals surface area contributed by atoms with Crippen LogP contribution in [0.25, 0.3) is 0 Å². The number of hydrogen-bond acceptors (Lipinski definition) is 3. The van der Waals surface area contributed by atoms with E-state index in [1.165, 1.54) is 6.42 Å². The molecule has 4 bridgehead atoms. The molecule has 4 rings (SSSR count). The monoisotopic (exact) mass is 294 g/mol. The highest BCUT2D eigenvalue weighted by Gasteiger charge is 2.60. The highest BCUT2D eigenvalue weighted by Crippen LogP contribution is 2.62. The highest BCUT2D eigenvalue weighted by atomic mass is 16.3. The van der Waals surface area contributed by atoms with Crippen LogP contribution in [0.3, 0.4) is 0 Å². The van der Waals surface area contributed by atoms with Crippen LogP contribution in [0, 0.1) is 17.3 Å². The first-order valence-corrected chi connectivity index (χ1v) is 8.68. The van der Waals surface area contributed by atoms with Crippen molar-refractivity contribution in [1.82, 2.24) is 4.90 Å². The van der Waals surface area contributed by atoms with Crippen molar-refractivity contribution in [3.05, 3.63) is 0 Å². The van der Waals surface area contributed by atoms with Crippen molar-refractivity contribution in [3.63, 3.8) is 0 Å². The van der Waals surface area contributed by atoms with Crippen LogP contribution in [0.1, 0.15) is 58.8 Å². The van der Waals surface area contributed by atoms with Gasteiger partial charge >= 0.3 is 0 Å². The molecule has 4 fully saturated rings. The third-order valence-electron chi connectivity index (χ3n) is 6.19. The van der Waals surface area contributed by atoms with Gasteiger partial charge in [-0.25, -0.2) is 0 Å². The summed E-state index contributed by atoms with van der Waals surface area (Å²) in [7, 11) is 0. The Bertz CT molecular complexity index is 409. The van der Waals surface area contributed by atoms with Crippen LogP contribution < -0.4 is 5.73 Å². The van der Waals surface area contributed by atoms with Gasteiger partial charge < -0.3 is 15.7 Å². The van der Waals surface area contributed by atoms with Crippen molar-refractivity contribution < 1.29 is 9.90 Å². The quantitative estimate of drug-likeness (QED) is 0.814. The number of hydrogen-bond donors (Lipinski definition) is 2. The van der Waals surface area contributed by atoms with Gasteiger partial charge in [-0.15, -0.1) is 0 Å². The molecule has 4 aliphatic rings. The number of likely N-dealkylation sites (N-methyl/N-ethyl adjacent to an activating group) is 1. The topological polar surface area (TPSA) is 66.6 Å². The van der Waals surface area contributed by atoms with Gasteiger partial charge in [-0.05, 0) is 69.1 Å². The summed E-state index contributed by atoms with van der Waals surface area (Å²) in [5.41, 5.74) is 5.80. The van der Waals surface area contributed by atoms with Gasteiger partial charge in [-0.2, -0.15) is 0 Å². The molecule has 4 nitrogen and oxygen atoms in total. The van der Waals surface area contributed by atoms with Crippen molar-refractivity contribution in [2.45, 2.75) is 70.4 Å². The predicted octanol–water partition coefficient (Wildman–Crippen LogP) is 1.90. The lowest BCUT2D eigenvalue weighted by atomic mass is 9.46. The highest BCUT2D eigenvalue weighted by molar-refractivity contribution is 5.82. The Morgan fingerprint density at radius 1 is 1.29 bits per heavy atom. The fourth-order valence-corrected chi connectivity index (χ4v) is 5.80. The Morgan fingerprint density at radius 3 is 2.38 bits per heavy atom. The van der Waals surface area contributed by atoms with Crippen LogP contribution in [-0.2, 0) is 4.79 Å². The third-order valence-corrected chi connectivity index (χ3v) is 6.19. The standard InChI is InChI=1S/C17H30N2O2/c1-3-5-19(4-2)15(20)14(18)16-7-12-6-13(8-16)10-17(21,9-12)11-16/h12-14,21H,3-11,18H2,1-2H3/t12?,13?,14-,16?,17?/m1/s1. The van der Waals surface area contributed by atoms with Crippen molar-refractivity contribution in [2.75, 3.05) is 13.1 Å². The summed E-state index contributed by atoms with van der Waals surface area (Å²) in [6, 6.07) is -0.429. The minimum absolute atomic E-state index is 0.102. The van der Waals surface area contributed by atoms with Crippen molar-refractivity contribution in [1.29, 1.82) is 0 Å². The summed E-state index contributed by atoms with van der Waals surface area (Å²) < 4.78 is 0. The number of nitrogens with two attached hydrogens (primary N) is 1. The van der Waals surface area contributed by atoms with E-state index >= 15 is 0 Å². The minimum atomic E-state index is -0.538. The van der Waals surface area contributed by atoms with E-state index in [9.17, 15) is 9.90 Å². The Kier molecular flexibility index (Phi) is 3.81. The average molecular weight is 294 g/mol. The average Bonchev–Trinajstić information content (AvgIpc) is 2.40. The Balaban J connectivity index is 1.80. The summed E-state index contributed by atoms with van der Waals surface area (Å²) in [5, 5.41) is 10.8. The minimum Gasteiger partial charge on any atom is -0.390 e. The lowest BCUT2D eigenvalue weighted by Crippen LogP contribution is -2.64. The van der Waals surface area contributed by atoms with E-state index in [1.807, 2.05) is 11.8 Å². The van der Waals surface area contributed by atoms with E-state index in [2.05, 4.69) is 6.92 Å². The molecule has 3 atom stereocenters. The first-order chi connectivity index (χ1) is 9.91. The van der Waals surface area contributed by atoms with Gasteiger partial charge in [0.25, 0.3) is 0 Å². The number of nitrogens with zero attached hydrogens (tertiary/aromatic N) is 1. The molecule has 4 saturated carbocycles. The van der Waals surface area contributed by atoms with Gasteiger partial charge in [0.1, 0.15) is 0 Å². The van der Waals surface area contributed by atoms with Crippen LogP contribution >= 0.6 is 0 Å². The van der Waals surface area contributed by atoms with Crippen LogP contribution in [0.2, 0.25) is 0 Å². The maximum Gasteiger partial charge on any atom is 0.240 e. The van der Waals surface area contributed by atoms with Crippen molar-refractivity contribution >= 4 is 5.91 Å². The maximum absolute atomic E-state index is 12.8. The second-order valence-corrected chi connectivity index (χ2v) is 7.94. The molecule has 0 radical (unpaired) electrons. The summed E-state index contributed by atoms with van der Waals surface area (Å²) in [5.74, 6) is 1.26. The normalized spacial score (nSPS) is 42.1. The number of amides is 1. The second kappa shape index (κ2) is 5.24. The number of rotatable bonds is 5. The SMILES string of the molecule is CCCN(CC)C(=O)[C@@H](N)C12CC3CC(CC(O)(C3)C1)C2. The molecule has 0 spiro atoms. The summed E-state index contributed by atoms with van der Waals surface area (Å²) in [6.45, 7) is 5.63. The molecule has 2 unspecified atom stereocenters. The fraction of sp³-hybridized carbons (Fsp3) is 0.941. The number of carbonyl (C=O) groups excluding carboxylic acids is 1. The molecule has 0 aromatic carbocycles. The van der Waals surface area contributed by atoms with Gasteiger partial charge in [0.15, 0.2) is 0 Å². The molecule has 1 amide bonds. The molecule has 0 saturated heterocycles. The Morgan fingerprint density at radius 2 is 1.90 bits per heavy atom. The zero-order valence-corrected chi connectivity index (χ0v) is 13.5. The van der Waals surface area contributed by atoms with Crippen LogP contribution in [0.4, 0.5) is 0 Å². The third kappa shape index (κ3) is 2.50. The fourth-order valence-electron chi connectivity index (χ4n) is 5.80. The lowest BCUT2D eigenvalue weighted by Gasteiger charge is -2.61. The van der Waals surface area contributed by atoms with Crippen LogP contribution in [0.5, 0.6) is 0 Å². The molecule has 4 aliphatic carbocycles. The lowest BCUT2D eigenvalue weighted by molar-refractivity contribution is -0.177. The Hall–Kier alpha value is -0.610. The van der Waals surface area contributed by atoms with E-state index in [4.69, 9.17) is 5.73 Å². The predicted molar refractivity (Wildman–Crippen MR) is 82.6 cm³/mol. The summed E-state index contributed by atoms with van der Waals surface area (Å²) >= 11 is 0. The summed E-state index contributed by atoms with van der Waals surface area (Å²) in [6.07, 6.45) is 6.89. The first-order valence-electron chi connectivity index (χ1n) is 8.68.